The number of aryl methyl sites for hydroxylation is 1. The van der Waals surface area contributed by atoms with Crippen molar-refractivity contribution in [3.8, 4) is 11.5 Å². The second-order valence-corrected chi connectivity index (χ2v) is 9.68. The van der Waals surface area contributed by atoms with Crippen molar-refractivity contribution in [2.75, 3.05) is 25.2 Å². The molecule has 11 heteroatoms. The number of anilines is 1. The second-order valence-electron chi connectivity index (χ2n) is 8.70. The first-order valence-corrected chi connectivity index (χ1v) is 12.4. The molecule has 5 rings (SSSR count). The Hall–Kier alpha value is -3.99. The molecule has 1 saturated heterocycles. The summed E-state index contributed by atoms with van der Waals surface area (Å²) >= 11 is 0.941. The number of rotatable bonds is 6. The lowest BCUT2D eigenvalue weighted by Gasteiger charge is -2.30. The molecule has 0 saturated carbocycles. The largest absolute Gasteiger partial charge is 0.454 e. The van der Waals surface area contributed by atoms with E-state index in [1.165, 1.54) is 5.56 Å². The van der Waals surface area contributed by atoms with Crippen LogP contribution in [-0.2, 0) is 11.3 Å². The van der Waals surface area contributed by atoms with E-state index in [1.54, 1.807) is 23.1 Å². The molecule has 10 nitrogen and oxygen atoms in total. The Bertz CT molecular complexity index is 1280. The first-order chi connectivity index (χ1) is 17.5. The highest BCUT2D eigenvalue weighted by Crippen LogP contribution is 2.34. The number of aromatic nitrogens is 2. The first kappa shape index (κ1) is 23.7. The number of fused-ring (bicyclic) bond motifs is 1. The quantitative estimate of drug-likeness (QED) is 0.526. The normalized spacial score (nSPS) is 15.0. The van der Waals surface area contributed by atoms with Gasteiger partial charge in [-0.25, -0.2) is 0 Å². The van der Waals surface area contributed by atoms with E-state index in [4.69, 9.17) is 9.47 Å². The van der Waals surface area contributed by atoms with Gasteiger partial charge in [0.2, 0.25) is 22.7 Å². The van der Waals surface area contributed by atoms with E-state index in [-0.39, 0.29) is 34.5 Å². The molecule has 2 aromatic carbocycles. The number of likely N-dealkylation sites (tertiary alicyclic amines) is 1. The minimum Gasteiger partial charge on any atom is -0.454 e. The summed E-state index contributed by atoms with van der Waals surface area (Å²) in [5.74, 6) is 0.276. The molecule has 0 radical (unpaired) electrons. The minimum atomic E-state index is -0.464. The van der Waals surface area contributed by atoms with Crippen LogP contribution >= 0.6 is 11.3 Å². The topological polar surface area (TPSA) is 123 Å². The van der Waals surface area contributed by atoms with Crippen LogP contribution in [-0.4, -0.2) is 52.7 Å². The lowest BCUT2D eigenvalue weighted by Crippen LogP contribution is -2.42. The fraction of sp³-hybridized carbons (Fsp3) is 0.320. The number of ether oxygens (including phenoxy) is 2. The molecule has 0 aliphatic carbocycles. The van der Waals surface area contributed by atoms with Crippen LogP contribution < -0.4 is 20.1 Å². The van der Waals surface area contributed by atoms with Gasteiger partial charge in [0.25, 0.3) is 11.8 Å². The number of carbonyl (C=O) groups is 3. The number of piperidine rings is 1. The fourth-order valence-corrected chi connectivity index (χ4v) is 4.79. The third kappa shape index (κ3) is 5.30. The molecule has 2 aliphatic rings. The van der Waals surface area contributed by atoms with Gasteiger partial charge in [0.15, 0.2) is 11.5 Å². The summed E-state index contributed by atoms with van der Waals surface area (Å²) < 4.78 is 10.6. The van der Waals surface area contributed by atoms with E-state index in [9.17, 15) is 14.4 Å². The van der Waals surface area contributed by atoms with Crippen LogP contribution in [0.1, 0.15) is 43.6 Å². The van der Waals surface area contributed by atoms with Crippen molar-refractivity contribution in [2.24, 2.45) is 5.92 Å². The van der Waals surface area contributed by atoms with Gasteiger partial charge >= 0.3 is 0 Å². The van der Waals surface area contributed by atoms with Crippen LogP contribution in [0.2, 0.25) is 0 Å². The van der Waals surface area contributed by atoms with Gasteiger partial charge in [0, 0.05) is 37.3 Å². The van der Waals surface area contributed by atoms with Crippen LogP contribution in [0.4, 0.5) is 5.69 Å². The fourth-order valence-electron chi connectivity index (χ4n) is 4.08. The van der Waals surface area contributed by atoms with E-state index in [2.05, 4.69) is 20.8 Å². The van der Waals surface area contributed by atoms with Gasteiger partial charge in [0.05, 0.1) is 0 Å². The van der Waals surface area contributed by atoms with Gasteiger partial charge in [0.1, 0.15) is 0 Å². The van der Waals surface area contributed by atoms with Crippen molar-refractivity contribution in [2.45, 2.75) is 26.3 Å². The molecular formula is C25H25N5O5S. The van der Waals surface area contributed by atoms with Crippen LogP contribution in [0.5, 0.6) is 11.5 Å². The van der Waals surface area contributed by atoms with E-state index in [0.29, 0.717) is 49.7 Å². The van der Waals surface area contributed by atoms with Crippen molar-refractivity contribution in [3.05, 3.63) is 63.6 Å². The molecule has 186 valence electrons. The Balaban J connectivity index is 1.11. The molecule has 1 fully saturated rings. The Morgan fingerprint density at radius 1 is 1.00 bits per heavy atom. The highest BCUT2D eigenvalue weighted by Gasteiger charge is 2.30. The van der Waals surface area contributed by atoms with Crippen LogP contribution in [0.15, 0.2) is 42.5 Å². The van der Waals surface area contributed by atoms with Gasteiger partial charge in [-0.3, -0.25) is 14.4 Å². The number of hydrogen-bond donors (Lipinski definition) is 2. The molecule has 2 aliphatic heterocycles. The van der Waals surface area contributed by atoms with Gasteiger partial charge in [-0.05, 0) is 37.5 Å². The Morgan fingerprint density at radius 3 is 2.50 bits per heavy atom. The van der Waals surface area contributed by atoms with E-state index >= 15 is 0 Å². The predicted molar refractivity (Wildman–Crippen MR) is 132 cm³/mol. The highest BCUT2D eigenvalue weighted by molar-refractivity contribution is 7.15. The van der Waals surface area contributed by atoms with E-state index in [0.717, 1.165) is 16.9 Å². The molecule has 2 N–H and O–H groups in total. The lowest BCUT2D eigenvalue weighted by molar-refractivity contribution is -0.126. The first-order valence-electron chi connectivity index (χ1n) is 11.6. The van der Waals surface area contributed by atoms with Crippen molar-refractivity contribution < 1.29 is 23.9 Å². The number of hydrogen-bond acceptors (Lipinski definition) is 8. The molecule has 3 amide bonds. The minimum absolute atomic E-state index is 0.000985. The summed E-state index contributed by atoms with van der Waals surface area (Å²) in [5, 5.41) is 13.8. The number of nitrogens with zero attached hydrogens (tertiary/aromatic N) is 3. The average Bonchev–Trinajstić information content (AvgIpc) is 3.58. The zero-order valence-corrected chi connectivity index (χ0v) is 20.5. The zero-order valence-electron chi connectivity index (χ0n) is 19.7. The van der Waals surface area contributed by atoms with Crippen molar-refractivity contribution in [3.63, 3.8) is 0 Å². The monoisotopic (exact) mass is 507 g/mol. The zero-order chi connectivity index (χ0) is 25.1. The SMILES string of the molecule is Cc1ccc(CNC(=O)C2CCN(C(=O)c3nnc(C(=O)Nc4ccc5c(c4)OCO5)s3)CC2)cc1. The summed E-state index contributed by atoms with van der Waals surface area (Å²) in [7, 11) is 0. The summed E-state index contributed by atoms with van der Waals surface area (Å²) in [6.45, 7) is 3.54. The van der Waals surface area contributed by atoms with Crippen LogP contribution in [0.3, 0.4) is 0 Å². The second kappa shape index (κ2) is 10.3. The predicted octanol–water partition coefficient (Wildman–Crippen LogP) is 3.00. The smallest absolute Gasteiger partial charge is 0.286 e. The number of carbonyl (C=O) groups excluding carboxylic acids is 3. The molecule has 0 bridgehead atoms. The third-order valence-electron chi connectivity index (χ3n) is 6.17. The van der Waals surface area contributed by atoms with Gasteiger partial charge in [-0.15, -0.1) is 10.2 Å². The van der Waals surface area contributed by atoms with Gasteiger partial charge in [-0.2, -0.15) is 0 Å². The molecule has 1 aromatic heterocycles. The Labute approximate surface area is 211 Å². The number of amides is 3. The Kier molecular flexibility index (Phi) is 6.81. The van der Waals surface area contributed by atoms with Crippen molar-refractivity contribution >= 4 is 34.7 Å². The molecular weight excluding hydrogens is 482 g/mol. The standard InChI is InChI=1S/C25H25N5O5S/c1-15-2-4-16(5-3-15)13-26-21(31)17-8-10-30(11-9-17)25(33)24-29-28-23(36-24)22(32)27-18-6-7-19-20(12-18)35-14-34-19/h2-7,12,17H,8-11,13-14H2,1H3,(H,26,31)(H,27,32). The summed E-state index contributed by atoms with van der Waals surface area (Å²) in [6, 6.07) is 13.1. The summed E-state index contributed by atoms with van der Waals surface area (Å²) in [5.41, 5.74) is 2.75. The van der Waals surface area contributed by atoms with E-state index in [1.807, 2.05) is 31.2 Å². The van der Waals surface area contributed by atoms with Crippen molar-refractivity contribution in [1.29, 1.82) is 0 Å². The number of nitrogens with one attached hydrogen (secondary N) is 2. The van der Waals surface area contributed by atoms with E-state index < -0.39 is 5.91 Å². The average molecular weight is 508 g/mol. The van der Waals surface area contributed by atoms with Crippen LogP contribution in [0, 0.1) is 12.8 Å². The molecule has 3 heterocycles. The van der Waals surface area contributed by atoms with Crippen molar-refractivity contribution in [1.82, 2.24) is 20.4 Å². The van der Waals surface area contributed by atoms with Gasteiger partial charge < -0.3 is 25.0 Å². The highest BCUT2D eigenvalue weighted by atomic mass is 32.1. The lowest BCUT2D eigenvalue weighted by atomic mass is 9.95. The maximum Gasteiger partial charge on any atom is 0.286 e. The Morgan fingerprint density at radius 2 is 1.72 bits per heavy atom. The molecule has 36 heavy (non-hydrogen) atoms. The maximum atomic E-state index is 12.9. The molecule has 3 aromatic rings. The molecule has 0 unspecified atom stereocenters. The number of benzene rings is 2. The summed E-state index contributed by atoms with van der Waals surface area (Å²) in [4.78, 5) is 39.7. The van der Waals surface area contributed by atoms with Gasteiger partial charge in [-0.1, -0.05) is 41.2 Å². The molecule has 0 spiro atoms. The van der Waals surface area contributed by atoms with Crippen LogP contribution in [0.25, 0.3) is 0 Å². The summed E-state index contributed by atoms with van der Waals surface area (Å²) in [6.07, 6.45) is 1.14. The maximum absolute atomic E-state index is 12.9. The molecule has 0 atom stereocenters. The third-order valence-corrected chi connectivity index (χ3v) is 7.08.